The lowest BCUT2D eigenvalue weighted by molar-refractivity contribution is 0.247. The van der Waals surface area contributed by atoms with Crippen LogP contribution in [0.4, 0.5) is 14.9 Å². The maximum absolute atomic E-state index is 13.1. The molecular formula is C17H19FN2O2. The molecule has 4 nitrogen and oxygen atoms in total. The standard InChI is InChI=1S/C17H19FN2O2/c1-12-4-3-5-15(10-12)22-9-8-19-17(21)20-16-11-14(18)7-6-13(16)2/h3-7,10-11H,8-9H2,1-2H3,(H2,19,20,21). The number of ether oxygens (including phenoxy) is 1. The number of halogens is 1. The zero-order valence-corrected chi connectivity index (χ0v) is 12.7. The Morgan fingerprint density at radius 2 is 2.00 bits per heavy atom. The molecule has 0 bridgehead atoms. The minimum atomic E-state index is -0.387. The van der Waals surface area contributed by atoms with E-state index in [0.29, 0.717) is 18.8 Å². The predicted octanol–water partition coefficient (Wildman–Crippen LogP) is 3.64. The van der Waals surface area contributed by atoms with Gasteiger partial charge in [0.25, 0.3) is 0 Å². The summed E-state index contributed by atoms with van der Waals surface area (Å²) in [6.07, 6.45) is 0. The first-order valence-electron chi connectivity index (χ1n) is 7.05. The molecule has 0 saturated carbocycles. The van der Waals surface area contributed by atoms with E-state index in [1.165, 1.54) is 12.1 Å². The summed E-state index contributed by atoms with van der Waals surface area (Å²) in [5, 5.41) is 5.28. The number of aryl methyl sites for hydroxylation is 2. The Labute approximate surface area is 129 Å². The van der Waals surface area contributed by atoms with Crippen molar-refractivity contribution in [3.8, 4) is 5.75 Å². The molecule has 0 atom stereocenters. The van der Waals surface area contributed by atoms with Gasteiger partial charge in [0.05, 0.1) is 6.54 Å². The molecule has 2 amide bonds. The molecule has 0 aromatic heterocycles. The highest BCUT2D eigenvalue weighted by molar-refractivity contribution is 5.90. The SMILES string of the molecule is Cc1cccc(OCCNC(=O)Nc2cc(F)ccc2C)c1. The van der Waals surface area contributed by atoms with E-state index in [1.54, 1.807) is 13.0 Å². The second-order valence-corrected chi connectivity index (χ2v) is 5.01. The van der Waals surface area contributed by atoms with E-state index in [0.717, 1.165) is 16.9 Å². The summed E-state index contributed by atoms with van der Waals surface area (Å²) < 4.78 is 18.7. The van der Waals surface area contributed by atoms with Crippen LogP contribution in [0.15, 0.2) is 42.5 Å². The Kier molecular flexibility index (Phi) is 5.36. The van der Waals surface area contributed by atoms with Crippen molar-refractivity contribution in [3.63, 3.8) is 0 Å². The minimum absolute atomic E-state index is 0.355. The van der Waals surface area contributed by atoms with Crippen molar-refractivity contribution in [2.75, 3.05) is 18.5 Å². The van der Waals surface area contributed by atoms with Gasteiger partial charge in [0.2, 0.25) is 0 Å². The Morgan fingerprint density at radius 3 is 2.77 bits per heavy atom. The molecule has 0 aliphatic carbocycles. The van der Waals surface area contributed by atoms with Crippen LogP contribution in [0.25, 0.3) is 0 Å². The van der Waals surface area contributed by atoms with Crippen LogP contribution in [-0.4, -0.2) is 19.2 Å². The Bertz CT molecular complexity index is 659. The third kappa shape index (κ3) is 4.77. The fraction of sp³-hybridized carbons (Fsp3) is 0.235. The van der Waals surface area contributed by atoms with E-state index >= 15 is 0 Å². The van der Waals surface area contributed by atoms with Gasteiger partial charge in [-0.1, -0.05) is 18.2 Å². The van der Waals surface area contributed by atoms with Gasteiger partial charge in [0.1, 0.15) is 18.2 Å². The van der Waals surface area contributed by atoms with Crippen molar-refractivity contribution >= 4 is 11.7 Å². The maximum atomic E-state index is 13.1. The number of carbonyl (C=O) groups excluding carboxylic acids is 1. The lowest BCUT2D eigenvalue weighted by Gasteiger charge is -2.11. The molecule has 0 fully saturated rings. The summed E-state index contributed by atoms with van der Waals surface area (Å²) in [6, 6.07) is 11.6. The van der Waals surface area contributed by atoms with Gasteiger partial charge in [-0.2, -0.15) is 0 Å². The van der Waals surface area contributed by atoms with Gasteiger partial charge in [-0.3, -0.25) is 0 Å². The van der Waals surface area contributed by atoms with Gasteiger partial charge in [-0.25, -0.2) is 9.18 Å². The zero-order valence-electron chi connectivity index (χ0n) is 12.7. The van der Waals surface area contributed by atoms with Crippen LogP contribution < -0.4 is 15.4 Å². The minimum Gasteiger partial charge on any atom is -0.492 e. The largest absolute Gasteiger partial charge is 0.492 e. The number of hydrogen-bond acceptors (Lipinski definition) is 2. The van der Waals surface area contributed by atoms with Crippen molar-refractivity contribution in [2.45, 2.75) is 13.8 Å². The number of benzene rings is 2. The van der Waals surface area contributed by atoms with E-state index in [1.807, 2.05) is 31.2 Å². The summed E-state index contributed by atoms with van der Waals surface area (Å²) in [6.45, 7) is 4.50. The number of urea groups is 1. The van der Waals surface area contributed by atoms with Gasteiger partial charge >= 0.3 is 6.03 Å². The topological polar surface area (TPSA) is 50.4 Å². The van der Waals surface area contributed by atoms with Gasteiger partial charge in [0.15, 0.2) is 0 Å². The van der Waals surface area contributed by atoms with E-state index in [9.17, 15) is 9.18 Å². The van der Waals surface area contributed by atoms with Gasteiger partial charge in [-0.05, 0) is 49.2 Å². The molecule has 116 valence electrons. The number of rotatable bonds is 5. The van der Waals surface area contributed by atoms with E-state index < -0.39 is 0 Å². The molecule has 2 aromatic rings. The molecule has 0 aliphatic heterocycles. The summed E-state index contributed by atoms with van der Waals surface area (Å²) in [5.41, 5.74) is 2.37. The van der Waals surface area contributed by atoms with E-state index in [-0.39, 0.29) is 11.8 Å². The van der Waals surface area contributed by atoms with Crippen LogP contribution >= 0.6 is 0 Å². The highest BCUT2D eigenvalue weighted by atomic mass is 19.1. The van der Waals surface area contributed by atoms with Crippen molar-refractivity contribution in [3.05, 3.63) is 59.4 Å². The monoisotopic (exact) mass is 302 g/mol. The zero-order chi connectivity index (χ0) is 15.9. The lowest BCUT2D eigenvalue weighted by atomic mass is 10.2. The predicted molar refractivity (Wildman–Crippen MR) is 84.8 cm³/mol. The summed E-state index contributed by atoms with van der Waals surface area (Å²) in [4.78, 5) is 11.7. The van der Waals surface area contributed by atoms with Gasteiger partial charge < -0.3 is 15.4 Å². The van der Waals surface area contributed by atoms with Crippen LogP contribution in [0.3, 0.4) is 0 Å². The van der Waals surface area contributed by atoms with Crippen molar-refractivity contribution in [1.82, 2.24) is 5.32 Å². The number of anilines is 1. The van der Waals surface area contributed by atoms with Crippen LogP contribution in [-0.2, 0) is 0 Å². The first kappa shape index (κ1) is 15.8. The average Bonchev–Trinajstić information content (AvgIpc) is 2.48. The fourth-order valence-electron chi connectivity index (χ4n) is 1.93. The molecule has 0 unspecified atom stereocenters. The third-order valence-electron chi connectivity index (χ3n) is 3.09. The number of nitrogens with one attached hydrogen (secondary N) is 2. The quantitative estimate of drug-likeness (QED) is 0.828. The van der Waals surface area contributed by atoms with Crippen molar-refractivity contribution < 1.29 is 13.9 Å². The molecule has 2 N–H and O–H groups in total. The summed E-state index contributed by atoms with van der Waals surface area (Å²) >= 11 is 0. The Hall–Kier alpha value is -2.56. The number of hydrogen-bond donors (Lipinski definition) is 2. The molecule has 0 aliphatic rings. The molecule has 2 rings (SSSR count). The molecule has 22 heavy (non-hydrogen) atoms. The van der Waals surface area contributed by atoms with Crippen LogP contribution in [0.1, 0.15) is 11.1 Å². The molecule has 5 heteroatoms. The molecule has 0 heterocycles. The van der Waals surface area contributed by atoms with Gasteiger partial charge in [0, 0.05) is 5.69 Å². The summed E-state index contributed by atoms with van der Waals surface area (Å²) in [5.74, 6) is 0.381. The molecule has 0 spiro atoms. The molecule has 2 aromatic carbocycles. The first-order valence-corrected chi connectivity index (χ1v) is 7.05. The Balaban J connectivity index is 1.75. The van der Waals surface area contributed by atoms with Crippen LogP contribution in [0, 0.1) is 19.7 Å². The lowest BCUT2D eigenvalue weighted by Crippen LogP contribution is -2.32. The Morgan fingerprint density at radius 1 is 1.18 bits per heavy atom. The average molecular weight is 302 g/mol. The number of carbonyl (C=O) groups is 1. The highest BCUT2D eigenvalue weighted by Gasteiger charge is 2.05. The molecule has 0 radical (unpaired) electrons. The van der Waals surface area contributed by atoms with E-state index in [4.69, 9.17) is 4.74 Å². The van der Waals surface area contributed by atoms with Crippen LogP contribution in [0.2, 0.25) is 0 Å². The second kappa shape index (κ2) is 7.45. The third-order valence-corrected chi connectivity index (χ3v) is 3.09. The van der Waals surface area contributed by atoms with Crippen LogP contribution in [0.5, 0.6) is 5.75 Å². The van der Waals surface area contributed by atoms with Crippen molar-refractivity contribution in [2.24, 2.45) is 0 Å². The normalized spacial score (nSPS) is 10.1. The second-order valence-electron chi connectivity index (χ2n) is 5.01. The first-order chi connectivity index (χ1) is 10.5. The number of amides is 2. The maximum Gasteiger partial charge on any atom is 0.319 e. The van der Waals surface area contributed by atoms with Crippen molar-refractivity contribution in [1.29, 1.82) is 0 Å². The smallest absolute Gasteiger partial charge is 0.319 e. The van der Waals surface area contributed by atoms with Gasteiger partial charge in [-0.15, -0.1) is 0 Å². The molecular weight excluding hydrogens is 283 g/mol. The fourth-order valence-corrected chi connectivity index (χ4v) is 1.93. The molecule has 0 saturated heterocycles. The summed E-state index contributed by atoms with van der Waals surface area (Å²) in [7, 11) is 0. The highest BCUT2D eigenvalue weighted by Crippen LogP contribution is 2.15. The van der Waals surface area contributed by atoms with E-state index in [2.05, 4.69) is 10.6 Å².